The summed E-state index contributed by atoms with van der Waals surface area (Å²) >= 11 is 0. The first-order valence-electron chi connectivity index (χ1n) is 12.7. The molecule has 37 heavy (non-hydrogen) atoms. The van der Waals surface area contributed by atoms with E-state index in [1.807, 2.05) is 48.3 Å². The van der Waals surface area contributed by atoms with Crippen LogP contribution in [0.2, 0.25) is 19.6 Å². The Morgan fingerprint density at radius 3 is 2.22 bits per heavy atom. The van der Waals surface area contributed by atoms with Crippen LogP contribution >= 0.6 is 0 Å². The highest BCUT2D eigenvalue weighted by atomic mass is 28.3. The molecule has 6 heteroatoms. The predicted molar refractivity (Wildman–Crippen MR) is 156 cm³/mol. The quantitative estimate of drug-likeness (QED) is 0.269. The molecule has 0 amide bonds. The van der Waals surface area contributed by atoms with Crippen molar-refractivity contribution in [3.8, 4) is 39.5 Å². The lowest BCUT2D eigenvalue weighted by atomic mass is 9.83. The van der Waals surface area contributed by atoms with Crippen molar-refractivity contribution in [1.29, 1.82) is 0 Å². The molecule has 2 aromatic carbocycles. The Morgan fingerprint density at radius 2 is 1.57 bits per heavy atom. The smallest absolute Gasteiger partial charge is 0.160 e. The molecule has 0 unspecified atom stereocenters. The second-order valence-electron chi connectivity index (χ2n) is 11.8. The summed E-state index contributed by atoms with van der Waals surface area (Å²) in [7, 11) is 0.514. The van der Waals surface area contributed by atoms with Crippen molar-refractivity contribution < 1.29 is 5.11 Å². The normalized spacial score (nSPS) is 12.3. The molecule has 0 spiro atoms. The number of pyridine rings is 2. The summed E-state index contributed by atoms with van der Waals surface area (Å²) in [5.41, 5.74) is 7.60. The second kappa shape index (κ2) is 8.96. The number of hydrogen-bond acceptors (Lipinski definition) is 4. The van der Waals surface area contributed by atoms with E-state index in [1.54, 1.807) is 6.07 Å². The third kappa shape index (κ3) is 4.69. The van der Waals surface area contributed by atoms with Crippen molar-refractivity contribution in [1.82, 2.24) is 19.5 Å². The van der Waals surface area contributed by atoms with Crippen LogP contribution in [-0.2, 0) is 12.5 Å². The summed E-state index contributed by atoms with van der Waals surface area (Å²) in [6.07, 6.45) is 3.88. The third-order valence-corrected chi connectivity index (χ3v) is 8.97. The van der Waals surface area contributed by atoms with Gasteiger partial charge in [-0.1, -0.05) is 64.7 Å². The number of aromatic nitrogens is 4. The number of phenols is 1. The molecule has 188 valence electrons. The number of nitrogens with zero attached hydrogens (tertiary/aromatic N) is 4. The van der Waals surface area contributed by atoms with Crippen molar-refractivity contribution in [3.63, 3.8) is 0 Å². The van der Waals surface area contributed by atoms with Gasteiger partial charge in [-0.05, 0) is 58.1 Å². The van der Waals surface area contributed by atoms with E-state index in [-0.39, 0.29) is 11.2 Å². The number of hydrogen-bond donors (Lipinski definition) is 1. The van der Waals surface area contributed by atoms with Gasteiger partial charge in [0.25, 0.3) is 0 Å². The first kappa shape index (κ1) is 24.9. The van der Waals surface area contributed by atoms with E-state index in [0.29, 0.717) is 11.4 Å². The van der Waals surface area contributed by atoms with Gasteiger partial charge < -0.3 is 9.67 Å². The van der Waals surface area contributed by atoms with Gasteiger partial charge >= 0.3 is 0 Å². The predicted octanol–water partition coefficient (Wildman–Crippen LogP) is 6.91. The summed E-state index contributed by atoms with van der Waals surface area (Å²) < 4.78 is 1.94. The number of aromatic hydroxyl groups is 1. The number of phenolic OH excluding ortho intramolecular Hbond substituents is 1. The Balaban J connectivity index is 1.71. The lowest BCUT2D eigenvalue weighted by Gasteiger charge is -2.22. The lowest BCUT2D eigenvalue weighted by Crippen LogP contribution is -2.37. The third-order valence-electron chi connectivity index (χ3n) is 6.94. The van der Waals surface area contributed by atoms with Gasteiger partial charge in [0.15, 0.2) is 5.65 Å². The van der Waals surface area contributed by atoms with Gasteiger partial charge in [0.2, 0.25) is 0 Å². The number of fused-ring (bicyclic) bond motifs is 1. The Kier molecular flexibility index (Phi) is 6.03. The summed E-state index contributed by atoms with van der Waals surface area (Å²) in [6.45, 7) is 13.7. The first-order valence-corrected chi connectivity index (χ1v) is 16.2. The Labute approximate surface area is 219 Å². The molecule has 5 nitrogen and oxygen atoms in total. The Hall–Kier alpha value is -3.77. The van der Waals surface area contributed by atoms with Crippen LogP contribution in [0.25, 0.3) is 44.9 Å². The zero-order valence-electron chi connectivity index (χ0n) is 22.7. The maximum absolute atomic E-state index is 10.5. The fourth-order valence-corrected chi connectivity index (χ4v) is 5.62. The summed E-state index contributed by atoms with van der Waals surface area (Å²) in [6, 6.07) is 20.4. The van der Waals surface area contributed by atoms with Gasteiger partial charge in [-0.15, -0.1) is 0 Å². The van der Waals surface area contributed by atoms with Crippen LogP contribution in [-0.4, -0.2) is 32.7 Å². The van der Waals surface area contributed by atoms with Crippen molar-refractivity contribution in [3.05, 3.63) is 78.6 Å². The van der Waals surface area contributed by atoms with Crippen LogP contribution in [0, 0.1) is 0 Å². The molecule has 0 fully saturated rings. The molecule has 0 saturated heterocycles. The zero-order chi connectivity index (χ0) is 26.5. The molecular formula is C31H34N4OSi. The average molecular weight is 507 g/mol. The van der Waals surface area contributed by atoms with Crippen LogP contribution in [0.4, 0.5) is 0 Å². The van der Waals surface area contributed by atoms with Crippen LogP contribution in [0.5, 0.6) is 5.75 Å². The number of imidazole rings is 1. The minimum absolute atomic E-state index is 0.0414. The van der Waals surface area contributed by atoms with Gasteiger partial charge in [0.05, 0.1) is 19.3 Å². The maximum Gasteiger partial charge on any atom is 0.160 e. The molecule has 3 heterocycles. The molecular weight excluding hydrogens is 472 g/mol. The molecule has 3 aromatic heterocycles. The Morgan fingerprint density at radius 1 is 0.838 bits per heavy atom. The number of para-hydroxylation sites is 1. The van der Waals surface area contributed by atoms with E-state index in [4.69, 9.17) is 9.97 Å². The minimum Gasteiger partial charge on any atom is -0.507 e. The fourth-order valence-electron chi connectivity index (χ4n) is 4.59. The van der Waals surface area contributed by atoms with E-state index < -0.39 is 8.07 Å². The molecule has 0 atom stereocenters. The minimum atomic E-state index is -1.43. The monoisotopic (exact) mass is 506 g/mol. The summed E-state index contributed by atoms with van der Waals surface area (Å²) in [5.74, 6) is 0.885. The SMILES string of the molecule is Cn1c(-c2ccccc2O)nc2c(-c3cc(-c4ccc([Si](C)(C)C)cn4)cc(C(C)(C)C)c3)ccnc21. The molecule has 5 rings (SSSR count). The summed E-state index contributed by atoms with van der Waals surface area (Å²) in [5, 5.41) is 11.8. The molecule has 0 aliphatic heterocycles. The number of aryl methyl sites for hydroxylation is 1. The van der Waals surface area contributed by atoms with Gasteiger partial charge in [0, 0.05) is 30.6 Å². The van der Waals surface area contributed by atoms with Crippen LogP contribution in [0.3, 0.4) is 0 Å². The molecule has 5 aromatic rings. The van der Waals surface area contributed by atoms with Gasteiger partial charge in [-0.3, -0.25) is 4.98 Å². The molecule has 0 aliphatic rings. The molecule has 1 N–H and O–H groups in total. The lowest BCUT2D eigenvalue weighted by molar-refractivity contribution is 0.476. The van der Waals surface area contributed by atoms with E-state index in [9.17, 15) is 5.11 Å². The molecule has 0 bridgehead atoms. The number of benzene rings is 2. The number of rotatable bonds is 4. The molecule has 0 saturated carbocycles. The van der Waals surface area contributed by atoms with Gasteiger partial charge in [-0.2, -0.15) is 0 Å². The molecule has 0 aliphatic carbocycles. The topological polar surface area (TPSA) is 63.8 Å². The van der Waals surface area contributed by atoms with Gasteiger partial charge in [0.1, 0.15) is 17.1 Å². The largest absolute Gasteiger partial charge is 0.507 e. The fraction of sp³-hybridized carbons (Fsp3) is 0.258. The van der Waals surface area contributed by atoms with Crippen LogP contribution in [0.1, 0.15) is 26.3 Å². The van der Waals surface area contributed by atoms with E-state index in [1.165, 1.54) is 10.8 Å². The van der Waals surface area contributed by atoms with Crippen molar-refractivity contribution in [2.75, 3.05) is 0 Å². The second-order valence-corrected chi connectivity index (χ2v) is 16.9. The average Bonchev–Trinajstić information content (AvgIpc) is 3.19. The van der Waals surface area contributed by atoms with Gasteiger partial charge in [-0.25, -0.2) is 9.97 Å². The van der Waals surface area contributed by atoms with E-state index in [0.717, 1.165) is 33.5 Å². The van der Waals surface area contributed by atoms with Crippen molar-refractivity contribution >= 4 is 24.4 Å². The van der Waals surface area contributed by atoms with Crippen LogP contribution < -0.4 is 5.19 Å². The van der Waals surface area contributed by atoms with Crippen LogP contribution in [0.15, 0.2) is 73.1 Å². The maximum atomic E-state index is 10.5. The van der Waals surface area contributed by atoms with Crippen molar-refractivity contribution in [2.24, 2.45) is 7.05 Å². The highest BCUT2D eigenvalue weighted by molar-refractivity contribution is 6.88. The zero-order valence-corrected chi connectivity index (χ0v) is 23.7. The highest BCUT2D eigenvalue weighted by Gasteiger charge is 2.21. The molecule has 0 radical (unpaired) electrons. The standard InChI is InChI=1S/C31H34N4OSi/c1-31(2,3)22-17-20(16-21(18-22)26-13-12-23(19-33-26)37(5,6)7)24-14-15-32-30-28(24)34-29(35(30)4)25-10-8-9-11-27(25)36/h8-19,36H,1-7H3. The van der Waals surface area contributed by atoms with E-state index in [2.05, 4.69) is 75.7 Å². The first-order chi connectivity index (χ1) is 17.4. The Bertz CT molecular complexity index is 1610. The summed E-state index contributed by atoms with van der Waals surface area (Å²) in [4.78, 5) is 14.5. The highest BCUT2D eigenvalue weighted by Crippen LogP contribution is 2.37. The van der Waals surface area contributed by atoms with E-state index >= 15 is 0 Å². The van der Waals surface area contributed by atoms with Crippen molar-refractivity contribution in [2.45, 2.75) is 45.8 Å².